The van der Waals surface area contributed by atoms with Crippen LogP contribution in [0.1, 0.15) is 270 Å². The molecule has 11 N–H and O–H groups in total. The average Bonchev–Trinajstić information content (AvgIpc) is 0.766. The number of hydrogen-bond acceptors (Lipinski definition) is 23. The minimum Gasteiger partial charge on any atom is -0.457 e. The first-order chi connectivity index (χ1) is 71.2. The third-order valence-electron chi connectivity index (χ3n) is 31.0. The van der Waals surface area contributed by atoms with Crippen molar-refractivity contribution in [1.29, 1.82) is 0 Å². The van der Waals surface area contributed by atoms with E-state index in [1.807, 2.05) is 105 Å². The Hall–Kier alpha value is -8.96. The maximum absolute atomic E-state index is 13.8. The lowest BCUT2D eigenvalue weighted by molar-refractivity contribution is -0.140. The predicted octanol–water partition coefficient (Wildman–Crippen LogP) is 19.1. The van der Waals surface area contributed by atoms with E-state index in [0.29, 0.717) is 177 Å². The molecule has 7 aliphatic rings. The van der Waals surface area contributed by atoms with Crippen LogP contribution >= 0.6 is 0 Å². The van der Waals surface area contributed by atoms with Gasteiger partial charge in [0, 0.05) is 207 Å². The molecule has 3 aliphatic carbocycles. The summed E-state index contributed by atoms with van der Waals surface area (Å²) in [6.07, 6.45) is 27.4. The number of halogens is 4. The van der Waals surface area contributed by atoms with Gasteiger partial charge in [0.05, 0.1) is 29.5 Å². The van der Waals surface area contributed by atoms with Gasteiger partial charge in [-0.1, -0.05) is 186 Å². The Morgan fingerprint density at radius 3 is 1.41 bits per heavy atom. The molecular formula is C116H174F4N12O15. The van der Waals surface area contributed by atoms with E-state index in [-0.39, 0.29) is 101 Å². The molecule has 12 atom stereocenters. The Morgan fingerprint density at radius 2 is 0.898 bits per heavy atom. The molecule has 816 valence electrons. The number of urea groups is 2. The molecule has 4 heterocycles. The number of aryl methyl sites for hydroxylation is 2. The highest BCUT2D eigenvalue weighted by Crippen LogP contribution is 2.48. The maximum Gasteiger partial charge on any atom is 0.416 e. The highest BCUT2D eigenvalue weighted by Gasteiger charge is 2.46. The molecule has 4 amide bonds. The number of likely N-dealkylation sites (tertiary alicyclic amines) is 2. The third kappa shape index (κ3) is 35.8. The molecular weight excluding hydrogens is 1880 g/mol. The van der Waals surface area contributed by atoms with Gasteiger partial charge in [-0.3, -0.25) is 19.2 Å². The van der Waals surface area contributed by atoms with E-state index in [4.69, 9.17) is 49.4 Å². The van der Waals surface area contributed by atoms with E-state index in [0.717, 1.165) is 136 Å². The number of rotatable bonds is 50. The highest BCUT2D eigenvalue weighted by molar-refractivity contribution is 5.77. The molecule has 27 nitrogen and oxygen atoms in total. The smallest absolute Gasteiger partial charge is 0.416 e. The molecule has 4 aliphatic heterocycles. The molecule has 0 aromatic heterocycles. The zero-order valence-electron chi connectivity index (χ0n) is 89.3. The topological polar surface area (TPSA) is 334 Å². The van der Waals surface area contributed by atoms with Crippen LogP contribution in [0.15, 0.2) is 141 Å². The molecule has 4 saturated heterocycles. The SMILES string of the molecule is CNC[C@H](C)NC(=O)N1CCC[C@@H]([C@@](O)(CCCCOC)c2cc(C)ccc2Oc2ccc(C)cc2)C1.CNC[C@H](CC1CCCCC1)Nc1c(N2CCC[C@@H]([C@@H](OCCCOC)c3ccccc3)C2)c(=O)c1=O.COCCCO[C@@H](c1ccc(F)cc1)[C@@H]1CCCN(c2c(N[C@H](CN)CC3CCCCC3)c(=O)c2=O)C1.COCCCO[C@@H](c1ccccc1C(F)(F)F)[C@@H]1CCCN(C(=O)N[C@H](CN)CC2CCCCC2)C1. The van der Waals surface area contributed by atoms with Crippen LogP contribution in [0.25, 0.3) is 0 Å². The van der Waals surface area contributed by atoms with E-state index in [9.17, 15) is 51.4 Å². The number of aliphatic hydroxyl groups is 1. The molecule has 14 rings (SSSR count). The first-order valence-electron chi connectivity index (χ1n) is 55.1. The van der Waals surface area contributed by atoms with Gasteiger partial charge in [-0.25, -0.2) is 14.0 Å². The number of piperidine rings is 4. The molecule has 7 fully saturated rings. The summed E-state index contributed by atoms with van der Waals surface area (Å²) in [4.78, 5) is 84.9. The van der Waals surface area contributed by atoms with Gasteiger partial charge >= 0.3 is 18.2 Å². The Labute approximate surface area is 871 Å². The van der Waals surface area contributed by atoms with Crippen LogP contribution in [0.4, 0.5) is 49.9 Å². The number of nitrogens with zero attached hydrogens (tertiary/aromatic N) is 4. The quantitative estimate of drug-likeness (QED) is 0.00971. The van der Waals surface area contributed by atoms with Crippen molar-refractivity contribution < 1.29 is 70.2 Å². The summed E-state index contributed by atoms with van der Waals surface area (Å²) in [7, 11) is 10.5. The van der Waals surface area contributed by atoms with Crippen LogP contribution in [0, 0.1) is 61.1 Å². The number of unbranched alkanes of at least 4 members (excludes halogenated alkanes) is 1. The number of nitrogens with two attached hydrogens (primary N) is 2. The molecule has 7 aromatic rings. The molecule has 0 bridgehead atoms. The van der Waals surface area contributed by atoms with Crippen molar-refractivity contribution >= 4 is 34.8 Å². The minimum absolute atomic E-state index is 0.0122. The van der Waals surface area contributed by atoms with Crippen molar-refractivity contribution in [2.24, 2.45) is 52.9 Å². The number of amides is 4. The lowest BCUT2D eigenvalue weighted by Crippen LogP contribution is -2.53. The predicted molar refractivity (Wildman–Crippen MR) is 578 cm³/mol. The first kappa shape index (κ1) is 118. The van der Waals surface area contributed by atoms with E-state index >= 15 is 0 Å². The number of nitrogens with one attached hydrogen (secondary N) is 6. The second-order valence-electron chi connectivity index (χ2n) is 42.3. The van der Waals surface area contributed by atoms with E-state index in [1.54, 1.807) is 51.5 Å². The van der Waals surface area contributed by atoms with Crippen LogP contribution in [-0.2, 0) is 44.9 Å². The van der Waals surface area contributed by atoms with E-state index in [1.165, 1.54) is 121 Å². The molecule has 0 radical (unpaired) electrons. The van der Waals surface area contributed by atoms with Gasteiger partial charge in [0.25, 0.3) is 21.7 Å². The zero-order chi connectivity index (χ0) is 105. The molecule has 3 saturated carbocycles. The Bertz CT molecular complexity index is 5110. The van der Waals surface area contributed by atoms with Gasteiger partial charge in [-0.2, -0.15) is 13.2 Å². The Balaban J connectivity index is 0.000000186. The van der Waals surface area contributed by atoms with Crippen molar-refractivity contribution in [3.05, 3.63) is 207 Å². The monoisotopic (exact) mass is 2050 g/mol. The summed E-state index contributed by atoms with van der Waals surface area (Å²) in [5.41, 5.74) is 15.9. The van der Waals surface area contributed by atoms with Crippen LogP contribution < -0.4 is 79.6 Å². The molecule has 0 unspecified atom stereocenters. The molecule has 147 heavy (non-hydrogen) atoms. The van der Waals surface area contributed by atoms with Crippen molar-refractivity contribution in [3.8, 4) is 11.5 Å². The number of alkyl halides is 3. The van der Waals surface area contributed by atoms with E-state index < -0.39 is 34.3 Å². The second-order valence-corrected chi connectivity index (χ2v) is 42.3. The standard InChI is InChI=1S/2C30H45N3O4.C29H42FN3O4.C27H42F3N3O3/c1-31-20-25(19-22-11-5-3-6-12-22)32-26-27(29(35)28(26)34)33-16-9-15-24(21-33)30(37-18-10-17-36-2)23-13-7-4-8-14-23;1-22-10-13-26(14-11-22)37-28-15-12-23(2)19-27(28)30(35,16-6-7-18-36-5)25-9-8-17-33(21-25)29(34)32-24(3)20-31-4;1-36-15-6-16-37-29(21-10-12-23(30)13-11-21)22-9-5-14-33(19-22)26-25(27(34)28(26)35)32-24(18-31)17-20-7-3-2-4-8-20;1-35-15-8-16-36-25(23-12-5-6-13-24(23)27(28,29)30)21-11-7-14-33(19-21)26(34)32-22(18-31)17-20-9-3-2-4-10-20/h4,7-8,13-14,22,24-25,30-32H,3,5-6,9-12,15-21H2,1-2H3;10-15,19,24-25,31,35H,6-9,16-18,20-21H2,1-5H3,(H,32,34);10-13,20,22,24,29,32H,2-9,14-19,31H2,1H3;5-6,12-13,20-22,25H,2-4,7-11,14-19,31H2,1H3,(H,32,34)/t24-,25+,30+;24-,25+,30-;22-,24+,29+;21-,22+,25-/m1011/s1. The van der Waals surface area contributed by atoms with Crippen molar-refractivity contribution in [2.75, 3.05) is 188 Å². The minimum atomic E-state index is -4.48. The van der Waals surface area contributed by atoms with Gasteiger partial charge < -0.3 is 106 Å². The molecule has 0 spiro atoms. The fourth-order valence-corrected chi connectivity index (χ4v) is 23.3. The Morgan fingerprint density at radius 1 is 0.449 bits per heavy atom. The van der Waals surface area contributed by atoms with Crippen LogP contribution in [0.2, 0.25) is 0 Å². The fourth-order valence-electron chi connectivity index (χ4n) is 23.3. The lowest BCUT2D eigenvalue weighted by Gasteiger charge is -2.43. The van der Waals surface area contributed by atoms with Crippen LogP contribution in [-0.4, -0.2) is 218 Å². The summed E-state index contributed by atoms with van der Waals surface area (Å²) in [6.45, 7) is 17.1. The maximum atomic E-state index is 13.8. The van der Waals surface area contributed by atoms with Crippen molar-refractivity contribution in [3.63, 3.8) is 0 Å². The number of likely N-dealkylation sites (N-methyl/N-ethyl adjacent to an activating group) is 2. The largest absolute Gasteiger partial charge is 0.457 e. The molecule has 31 heteroatoms. The van der Waals surface area contributed by atoms with Crippen LogP contribution in [0.3, 0.4) is 0 Å². The van der Waals surface area contributed by atoms with Gasteiger partial charge in [0.1, 0.15) is 40.1 Å². The summed E-state index contributed by atoms with van der Waals surface area (Å²) in [5, 5.41) is 32.0. The summed E-state index contributed by atoms with van der Waals surface area (Å²) >= 11 is 0. The normalized spacial score (nSPS) is 20.2. The number of anilines is 4. The van der Waals surface area contributed by atoms with Crippen molar-refractivity contribution in [2.45, 2.75) is 280 Å². The number of hydrogen-bond donors (Lipinski definition) is 9. The first-order valence-corrected chi connectivity index (χ1v) is 55.1. The fraction of sp³-hybridized carbons (Fsp3) is 0.655. The number of methoxy groups -OCH3 is 4. The third-order valence-corrected chi connectivity index (χ3v) is 31.0. The summed E-state index contributed by atoms with van der Waals surface area (Å²) in [5.74, 6) is 3.00. The van der Waals surface area contributed by atoms with Crippen LogP contribution in [0.5, 0.6) is 11.5 Å². The number of benzene rings is 5. The number of carbonyl (C=O) groups excluding carboxylic acids is 2. The van der Waals surface area contributed by atoms with Crippen molar-refractivity contribution in [1.82, 2.24) is 31.1 Å². The lowest BCUT2D eigenvalue weighted by atomic mass is 9.73. The Kier molecular flexibility index (Phi) is 50.0. The summed E-state index contributed by atoms with van der Waals surface area (Å²) < 4.78 is 101. The average molecular weight is 2050 g/mol. The van der Waals surface area contributed by atoms with Gasteiger partial charge in [-0.05, 0) is 221 Å². The van der Waals surface area contributed by atoms with Gasteiger partial charge in [0.15, 0.2) is 0 Å². The second kappa shape index (κ2) is 62.1. The molecule has 7 aromatic carbocycles. The summed E-state index contributed by atoms with van der Waals surface area (Å²) in [6, 6.07) is 36.2. The highest BCUT2D eigenvalue weighted by atomic mass is 19.4. The number of ether oxygens (including phenoxy) is 8. The van der Waals surface area contributed by atoms with Gasteiger partial charge in [0.2, 0.25) is 0 Å². The zero-order valence-corrected chi connectivity index (χ0v) is 89.3. The van der Waals surface area contributed by atoms with E-state index in [2.05, 4.69) is 48.9 Å². The van der Waals surface area contributed by atoms with Gasteiger partial charge in [-0.15, -0.1) is 0 Å². The number of carbonyl (C=O) groups is 2.